The number of fused-ring (bicyclic) bond motifs is 2. The number of alkyl halides is 2. The van der Waals surface area contributed by atoms with Crippen LogP contribution in [-0.2, 0) is 26.6 Å². The second kappa shape index (κ2) is 15.7. The van der Waals surface area contributed by atoms with Crippen molar-refractivity contribution in [1.82, 2.24) is 15.1 Å². The van der Waals surface area contributed by atoms with Crippen LogP contribution in [0.3, 0.4) is 0 Å². The van der Waals surface area contributed by atoms with E-state index < -0.39 is 49.3 Å². The Labute approximate surface area is 300 Å². The third-order valence-corrected chi connectivity index (χ3v) is 13.2. The molecule has 2 N–H and O–H groups in total. The smallest absolute Gasteiger partial charge is 0.359 e. The number of nitrogens with one attached hydrogen (secondary N) is 2. The van der Waals surface area contributed by atoms with E-state index in [1.54, 1.807) is 4.68 Å². The van der Waals surface area contributed by atoms with Gasteiger partial charge in [-0.1, -0.05) is 52.5 Å². The number of benzene rings is 2. The van der Waals surface area contributed by atoms with Crippen LogP contribution in [0.25, 0.3) is 0 Å². The largest absolute Gasteiger partial charge is 0.496 e. The van der Waals surface area contributed by atoms with Crippen molar-refractivity contribution >= 4 is 36.6 Å². The third kappa shape index (κ3) is 8.30. The lowest BCUT2D eigenvalue weighted by Crippen LogP contribution is -2.48. The summed E-state index contributed by atoms with van der Waals surface area (Å²) in [4.78, 5) is 22.8. The number of carbonyl (C=O) groups is 2. The summed E-state index contributed by atoms with van der Waals surface area (Å²) in [5, 5.41) is 10.6. The molecule has 0 spiro atoms. The molecule has 2 aliphatic carbocycles. The fourth-order valence-corrected chi connectivity index (χ4v) is 9.02. The van der Waals surface area contributed by atoms with Gasteiger partial charge in [-0.2, -0.15) is 13.9 Å². The van der Waals surface area contributed by atoms with Crippen molar-refractivity contribution in [2.45, 2.75) is 106 Å². The van der Waals surface area contributed by atoms with E-state index in [0.29, 0.717) is 6.42 Å². The number of hydrogen-bond donors (Lipinski definition) is 2. The van der Waals surface area contributed by atoms with Crippen molar-refractivity contribution in [3.05, 3.63) is 71.3 Å². The highest BCUT2D eigenvalue weighted by atomic mass is 32.2. The number of nitrogens with zero attached hydrogens (tertiary/aromatic N) is 2. The molecule has 51 heavy (non-hydrogen) atoms. The molecule has 0 radical (unpaired) electrons. The maximum atomic E-state index is 15.4. The molecule has 1 aromatic heterocycles. The minimum atomic E-state index is -4.99. The molecule has 5 atom stereocenters. The lowest BCUT2D eigenvalue weighted by atomic mass is 9.77. The normalized spacial score (nSPS) is 20.4. The summed E-state index contributed by atoms with van der Waals surface area (Å²) >= 11 is 0. The van der Waals surface area contributed by atoms with E-state index in [4.69, 9.17) is 9.84 Å². The van der Waals surface area contributed by atoms with Crippen molar-refractivity contribution in [2.75, 3.05) is 12.4 Å². The van der Waals surface area contributed by atoms with Crippen molar-refractivity contribution in [2.24, 2.45) is 17.8 Å². The monoisotopic (exact) mass is 748 g/mol. The first kappa shape index (κ1) is 38.8. The summed E-state index contributed by atoms with van der Waals surface area (Å²) in [6.07, 6.45) is 10.5. The van der Waals surface area contributed by atoms with Crippen molar-refractivity contribution in [3.63, 3.8) is 0 Å². The van der Waals surface area contributed by atoms with Gasteiger partial charge in [-0.3, -0.25) is 14.3 Å². The summed E-state index contributed by atoms with van der Waals surface area (Å²) in [7, 11) is -2.61. The predicted octanol–water partition coefficient (Wildman–Crippen LogP) is 7.70. The zero-order valence-corrected chi connectivity index (χ0v) is 31.5. The molecule has 2 bridgehead atoms. The molecule has 2 aromatic carbocycles. The molecule has 9 nitrogen and oxygen atoms in total. The summed E-state index contributed by atoms with van der Waals surface area (Å²) in [5.41, 5.74) is 1.30. The van der Waals surface area contributed by atoms with Gasteiger partial charge < -0.3 is 15.4 Å². The number of unbranched alkanes of at least 4 members (excludes halogenated alkanes) is 2. The van der Waals surface area contributed by atoms with Crippen molar-refractivity contribution in [3.8, 4) is 5.75 Å². The Morgan fingerprint density at radius 3 is 2.39 bits per heavy atom. The minimum Gasteiger partial charge on any atom is -0.496 e. The van der Waals surface area contributed by atoms with Gasteiger partial charge in [0.25, 0.3) is 5.91 Å². The molecule has 2 aliphatic rings. The van der Waals surface area contributed by atoms with Crippen LogP contribution in [0.1, 0.15) is 100 Å². The summed E-state index contributed by atoms with van der Waals surface area (Å²) < 4.78 is 74.7. The van der Waals surface area contributed by atoms with Gasteiger partial charge >= 0.3 is 5.00 Å². The van der Waals surface area contributed by atoms with Crippen LogP contribution < -0.4 is 15.4 Å². The Hall–Kier alpha value is -3.44. The predicted molar refractivity (Wildman–Crippen MR) is 193 cm³/mol. The molecular formula is C37H48F3N4O5PS. The number of sulfone groups is 1. The van der Waals surface area contributed by atoms with Gasteiger partial charge in [-0.05, 0) is 83.5 Å². The number of halogens is 3. The lowest BCUT2D eigenvalue weighted by Gasteiger charge is -2.31. The van der Waals surface area contributed by atoms with Crippen molar-refractivity contribution < 1.29 is 35.9 Å². The molecule has 2 amide bonds. The highest BCUT2D eigenvalue weighted by Crippen LogP contribution is 2.49. The van der Waals surface area contributed by atoms with Gasteiger partial charge in [0.05, 0.1) is 35.7 Å². The molecular weight excluding hydrogens is 700 g/mol. The summed E-state index contributed by atoms with van der Waals surface area (Å²) in [6.45, 7) is 6.67. The van der Waals surface area contributed by atoms with E-state index >= 15 is 4.39 Å². The lowest BCUT2D eigenvalue weighted by molar-refractivity contribution is -0.122. The average molecular weight is 749 g/mol. The van der Waals surface area contributed by atoms with Crippen LogP contribution >= 0.6 is 9.24 Å². The van der Waals surface area contributed by atoms with E-state index in [9.17, 15) is 26.8 Å². The number of hydrogen-bond acceptors (Lipinski definition) is 6. The first-order chi connectivity index (χ1) is 24.1. The molecule has 5 rings (SSSR count). The first-order valence-electron chi connectivity index (χ1n) is 17.6. The maximum absolute atomic E-state index is 15.4. The van der Waals surface area contributed by atoms with Gasteiger partial charge in [-0.15, -0.1) is 0 Å². The Kier molecular flexibility index (Phi) is 11.9. The topological polar surface area (TPSA) is 119 Å². The number of rotatable bonds is 16. The molecule has 0 saturated heterocycles. The number of ether oxygens (including phenoxy) is 1. The Bertz CT molecular complexity index is 1840. The first-order valence-corrected chi connectivity index (χ1v) is 19.7. The van der Waals surface area contributed by atoms with Crippen LogP contribution in [0.4, 0.5) is 18.9 Å². The van der Waals surface area contributed by atoms with Crippen LogP contribution in [0.5, 0.6) is 5.75 Å². The maximum Gasteiger partial charge on any atom is 0.359 e. The van der Waals surface area contributed by atoms with E-state index in [0.717, 1.165) is 78.4 Å². The number of aromatic nitrogens is 2. The van der Waals surface area contributed by atoms with Gasteiger partial charge in [-0.25, -0.2) is 12.8 Å². The van der Waals surface area contributed by atoms with E-state index in [2.05, 4.69) is 31.4 Å². The third-order valence-electron chi connectivity index (χ3n) is 10.7. The Balaban J connectivity index is 1.35. The number of amides is 2. The molecule has 2 saturated carbocycles. The molecule has 1 unspecified atom stereocenters. The number of anilines is 1. The molecule has 14 heteroatoms. The van der Waals surface area contributed by atoms with E-state index in [-0.39, 0.29) is 46.4 Å². The molecule has 2 fully saturated rings. The van der Waals surface area contributed by atoms with E-state index in [1.807, 2.05) is 12.3 Å². The zero-order valence-electron chi connectivity index (χ0n) is 29.6. The second-order valence-corrected chi connectivity index (χ2v) is 17.4. The van der Waals surface area contributed by atoms with Gasteiger partial charge in [0.15, 0.2) is 0 Å². The standard InChI is InChI=1S/C37H48F3N4O5PS/c1-5-7-15-36(3,16-8-6-2)31-14-17-44(43-31)22-25-19-28(30(49-4)21-29(25)38)34(45)42-33-24-13-12-23(18-24)32(33)35(46)41-26-10-9-11-27(20-26)51(47,48)37(39,40)50/h9-11,14,17,19-21,23-24,32-33H,5-8,12-13,15-16,18,22,50H2,1-4H3,(H,41,46)(H,42,45)/t23-,24+,32+,33-/m1/s1. The second-order valence-electron chi connectivity index (χ2n) is 14.3. The van der Waals surface area contributed by atoms with Crippen molar-refractivity contribution in [1.29, 1.82) is 0 Å². The van der Waals surface area contributed by atoms with E-state index in [1.165, 1.54) is 31.4 Å². The average Bonchev–Trinajstić information content (AvgIpc) is 3.84. The van der Waals surface area contributed by atoms with Crippen LogP contribution in [0.2, 0.25) is 0 Å². The summed E-state index contributed by atoms with van der Waals surface area (Å²) in [5.74, 6) is -2.14. The molecule has 1 heterocycles. The number of methoxy groups -OCH3 is 1. The zero-order chi connectivity index (χ0) is 37.1. The Morgan fingerprint density at radius 2 is 1.75 bits per heavy atom. The van der Waals surface area contributed by atoms with Crippen LogP contribution in [0.15, 0.2) is 53.6 Å². The van der Waals surface area contributed by atoms with Gasteiger partial charge in [0.1, 0.15) is 11.6 Å². The fourth-order valence-electron chi connectivity index (χ4n) is 7.76. The summed E-state index contributed by atoms with van der Waals surface area (Å²) in [6, 6.07) is 8.82. The fraction of sp³-hybridized carbons (Fsp3) is 0.541. The minimum absolute atomic E-state index is 0.0142. The van der Waals surface area contributed by atoms with Crippen LogP contribution in [0, 0.1) is 23.6 Å². The quantitative estimate of drug-likeness (QED) is 0.145. The van der Waals surface area contributed by atoms with Gasteiger partial charge in [0, 0.05) is 35.0 Å². The van der Waals surface area contributed by atoms with Gasteiger partial charge in [0.2, 0.25) is 15.7 Å². The molecule has 3 aromatic rings. The number of carbonyl (C=O) groups excluding carboxylic acids is 2. The molecule has 0 aliphatic heterocycles. The highest BCUT2D eigenvalue weighted by molar-refractivity contribution is 7.96. The van der Waals surface area contributed by atoms with Crippen LogP contribution in [-0.4, -0.2) is 48.2 Å². The molecule has 278 valence electrons. The Morgan fingerprint density at radius 1 is 1.06 bits per heavy atom. The SMILES string of the molecule is CCCCC(C)(CCCC)c1ccn(Cc2cc(C(=O)N[C@@H]3[C@H]4CC[C@H](C4)[C@@H]3C(=O)Nc3cccc(S(=O)(=O)C(F)(F)P)c3)c(OC)cc2F)n1. The highest BCUT2D eigenvalue weighted by Gasteiger charge is 2.51.